The molecule has 3 rings (SSSR count). The third kappa shape index (κ3) is 4.31. The molecule has 0 aromatic heterocycles. The molecule has 6 nitrogen and oxygen atoms in total. The van der Waals surface area contributed by atoms with E-state index in [0.29, 0.717) is 24.3 Å². The van der Waals surface area contributed by atoms with Gasteiger partial charge < -0.3 is 9.80 Å². The summed E-state index contributed by atoms with van der Waals surface area (Å²) in [5, 5.41) is 0. The van der Waals surface area contributed by atoms with Crippen molar-refractivity contribution in [2.75, 3.05) is 37.9 Å². The number of rotatable bonds is 4. The molecule has 27 heavy (non-hydrogen) atoms. The quantitative estimate of drug-likeness (QED) is 0.875. The highest BCUT2D eigenvalue weighted by Crippen LogP contribution is 2.22. The zero-order valence-electron chi connectivity index (χ0n) is 15.9. The second-order valence-electron chi connectivity index (χ2n) is 6.97. The Morgan fingerprint density at radius 1 is 0.963 bits per heavy atom. The van der Waals surface area contributed by atoms with Gasteiger partial charge in [-0.2, -0.15) is 0 Å². The summed E-state index contributed by atoms with van der Waals surface area (Å²) >= 11 is 0. The number of carbonyl (C=O) groups is 1. The summed E-state index contributed by atoms with van der Waals surface area (Å²) in [6.07, 6.45) is 0. The Morgan fingerprint density at radius 2 is 1.59 bits per heavy atom. The first-order valence-corrected chi connectivity index (χ1v) is 10.4. The Labute approximate surface area is 160 Å². The van der Waals surface area contributed by atoms with Gasteiger partial charge in [-0.1, -0.05) is 12.1 Å². The van der Waals surface area contributed by atoms with Gasteiger partial charge in [0.05, 0.1) is 10.6 Å². The third-order valence-corrected chi connectivity index (χ3v) is 6.43. The summed E-state index contributed by atoms with van der Waals surface area (Å²) in [5.74, 6) is -0.0606. The molecule has 0 saturated carbocycles. The van der Waals surface area contributed by atoms with Crippen molar-refractivity contribution in [2.45, 2.75) is 18.7 Å². The van der Waals surface area contributed by atoms with Gasteiger partial charge in [-0.15, -0.1) is 0 Å². The Hall–Kier alpha value is -2.38. The van der Waals surface area contributed by atoms with Crippen molar-refractivity contribution in [2.24, 2.45) is 0 Å². The van der Waals surface area contributed by atoms with Gasteiger partial charge in [-0.25, -0.2) is 8.42 Å². The summed E-state index contributed by atoms with van der Waals surface area (Å²) < 4.78 is 28.0. The molecule has 0 aliphatic carbocycles. The average molecular weight is 388 g/mol. The summed E-state index contributed by atoms with van der Waals surface area (Å²) in [5.41, 5.74) is 2.98. The molecule has 1 saturated heterocycles. The third-order valence-electron chi connectivity index (χ3n) is 5.05. The minimum atomic E-state index is -3.71. The molecule has 1 fully saturated rings. The first-order valence-electron chi connectivity index (χ1n) is 8.95. The first-order chi connectivity index (χ1) is 12.8. The average Bonchev–Trinajstić information content (AvgIpc) is 2.65. The Morgan fingerprint density at radius 3 is 2.22 bits per heavy atom. The van der Waals surface area contributed by atoms with Crippen LogP contribution in [0.4, 0.5) is 5.69 Å². The van der Waals surface area contributed by atoms with E-state index in [4.69, 9.17) is 0 Å². The zero-order valence-corrected chi connectivity index (χ0v) is 16.7. The lowest BCUT2D eigenvalue weighted by Crippen LogP contribution is -2.47. The van der Waals surface area contributed by atoms with Crippen LogP contribution in [0.25, 0.3) is 0 Å². The van der Waals surface area contributed by atoms with E-state index in [1.54, 1.807) is 23.1 Å². The van der Waals surface area contributed by atoms with Gasteiger partial charge in [0.25, 0.3) is 15.9 Å². The predicted molar refractivity (Wildman–Crippen MR) is 107 cm³/mol. The number of nitrogens with zero attached hydrogens (tertiary/aromatic N) is 2. The van der Waals surface area contributed by atoms with Crippen molar-refractivity contribution >= 4 is 21.6 Å². The second-order valence-corrected chi connectivity index (χ2v) is 8.66. The summed E-state index contributed by atoms with van der Waals surface area (Å²) in [7, 11) is -1.68. The molecule has 7 heteroatoms. The van der Waals surface area contributed by atoms with Crippen LogP contribution in [0, 0.1) is 13.8 Å². The molecule has 0 bridgehead atoms. The number of sulfonamides is 1. The fraction of sp³-hybridized carbons (Fsp3) is 0.350. The molecule has 1 aliphatic heterocycles. The Balaban J connectivity index is 1.76. The molecule has 1 N–H and O–H groups in total. The summed E-state index contributed by atoms with van der Waals surface area (Å²) in [4.78, 5) is 16.7. The lowest BCUT2D eigenvalue weighted by molar-refractivity contribution is 0.0664. The van der Waals surface area contributed by atoms with Gasteiger partial charge in [0, 0.05) is 31.7 Å². The smallest absolute Gasteiger partial charge is 0.261 e. The number of carbonyl (C=O) groups excluding carboxylic acids is 1. The van der Waals surface area contributed by atoms with E-state index in [2.05, 4.69) is 9.62 Å². The second kappa shape index (κ2) is 7.70. The molecule has 1 amide bonds. The van der Waals surface area contributed by atoms with E-state index in [0.717, 1.165) is 24.2 Å². The van der Waals surface area contributed by atoms with E-state index in [1.807, 2.05) is 33.0 Å². The number of likely N-dealkylation sites (N-methyl/N-ethyl adjacent to an activating group) is 1. The maximum Gasteiger partial charge on any atom is 0.261 e. The first kappa shape index (κ1) is 19.4. The van der Waals surface area contributed by atoms with Gasteiger partial charge >= 0.3 is 0 Å². The highest BCUT2D eigenvalue weighted by atomic mass is 32.2. The maximum atomic E-state index is 12.7. The van der Waals surface area contributed by atoms with Crippen LogP contribution < -0.4 is 4.72 Å². The van der Waals surface area contributed by atoms with E-state index in [-0.39, 0.29) is 10.8 Å². The van der Waals surface area contributed by atoms with Crippen LogP contribution in [0.15, 0.2) is 47.4 Å². The number of hydrogen-bond donors (Lipinski definition) is 1. The van der Waals surface area contributed by atoms with Crippen LogP contribution in [-0.2, 0) is 10.0 Å². The van der Waals surface area contributed by atoms with Crippen LogP contribution in [-0.4, -0.2) is 57.4 Å². The molecule has 0 unspecified atom stereocenters. The predicted octanol–water partition coefficient (Wildman–Crippen LogP) is 2.49. The van der Waals surface area contributed by atoms with Crippen molar-refractivity contribution in [1.82, 2.24) is 9.80 Å². The summed E-state index contributed by atoms with van der Waals surface area (Å²) in [6, 6.07) is 11.6. The number of piperazine rings is 1. The topological polar surface area (TPSA) is 69.7 Å². The van der Waals surface area contributed by atoms with Gasteiger partial charge in [-0.3, -0.25) is 9.52 Å². The van der Waals surface area contributed by atoms with Crippen LogP contribution >= 0.6 is 0 Å². The molecule has 1 aliphatic rings. The molecular weight excluding hydrogens is 362 g/mol. The minimum Gasteiger partial charge on any atom is -0.336 e. The molecule has 0 radical (unpaired) electrons. The van der Waals surface area contributed by atoms with Gasteiger partial charge in [0.1, 0.15) is 0 Å². The number of hydrogen-bond acceptors (Lipinski definition) is 4. The normalized spacial score (nSPS) is 15.6. The molecule has 2 aromatic rings. The van der Waals surface area contributed by atoms with Gasteiger partial charge in [0.15, 0.2) is 0 Å². The minimum absolute atomic E-state index is 0.0606. The van der Waals surface area contributed by atoms with E-state index in [1.165, 1.54) is 12.1 Å². The fourth-order valence-electron chi connectivity index (χ4n) is 3.03. The molecule has 0 atom stereocenters. The maximum absolute atomic E-state index is 12.7. The van der Waals surface area contributed by atoms with E-state index >= 15 is 0 Å². The van der Waals surface area contributed by atoms with Crippen molar-refractivity contribution in [3.63, 3.8) is 0 Å². The molecular formula is C20H25N3O3S. The molecule has 0 spiro atoms. The lowest BCUT2D eigenvalue weighted by Gasteiger charge is -2.32. The number of aryl methyl sites for hydroxylation is 1. The van der Waals surface area contributed by atoms with Crippen LogP contribution in [0.1, 0.15) is 21.5 Å². The van der Waals surface area contributed by atoms with Crippen molar-refractivity contribution in [1.29, 1.82) is 0 Å². The highest BCUT2D eigenvalue weighted by molar-refractivity contribution is 7.92. The standard InChI is InChI=1S/C20H25N3O3S/c1-15-5-4-6-19(16(15)2)21-27(25,26)18-9-7-17(8-10-18)20(24)23-13-11-22(3)12-14-23/h4-10,21H,11-14H2,1-3H3. The number of benzene rings is 2. The zero-order chi connectivity index (χ0) is 19.6. The van der Waals surface area contributed by atoms with Crippen LogP contribution in [0.2, 0.25) is 0 Å². The van der Waals surface area contributed by atoms with E-state index in [9.17, 15) is 13.2 Å². The fourth-order valence-corrected chi connectivity index (χ4v) is 4.16. The molecule has 144 valence electrons. The number of amides is 1. The van der Waals surface area contributed by atoms with Crippen molar-refractivity contribution < 1.29 is 13.2 Å². The molecule has 1 heterocycles. The number of anilines is 1. The van der Waals surface area contributed by atoms with Crippen molar-refractivity contribution in [3.8, 4) is 0 Å². The Kier molecular flexibility index (Phi) is 5.53. The van der Waals surface area contributed by atoms with Crippen LogP contribution in [0.5, 0.6) is 0 Å². The van der Waals surface area contributed by atoms with E-state index < -0.39 is 10.0 Å². The SMILES string of the molecule is Cc1cccc(NS(=O)(=O)c2ccc(C(=O)N3CCN(C)CC3)cc2)c1C. The molecule has 2 aromatic carbocycles. The Bertz CT molecular complexity index is 931. The van der Waals surface area contributed by atoms with Crippen molar-refractivity contribution in [3.05, 3.63) is 59.2 Å². The highest BCUT2D eigenvalue weighted by Gasteiger charge is 2.21. The summed E-state index contributed by atoms with van der Waals surface area (Å²) in [6.45, 7) is 6.87. The monoisotopic (exact) mass is 387 g/mol. The largest absolute Gasteiger partial charge is 0.336 e. The van der Waals surface area contributed by atoms with Crippen LogP contribution in [0.3, 0.4) is 0 Å². The van der Waals surface area contributed by atoms with Gasteiger partial charge in [-0.05, 0) is 62.4 Å². The van der Waals surface area contributed by atoms with Gasteiger partial charge in [0.2, 0.25) is 0 Å². The lowest BCUT2D eigenvalue weighted by atomic mass is 10.1. The number of nitrogens with one attached hydrogen (secondary N) is 1.